The number of hydrogen-bond acceptors (Lipinski definition) is 3. The molecule has 2 unspecified atom stereocenters. The maximum atomic E-state index is 10.6. The van der Waals surface area contributed by atoms with Crippen LogP contribution < -0.4 is 5.32 Å². The molecule has 1 aliphatic heterocycles. The van der Waals surface area contributed by atoms with Crippen molar-refractivity contribution in [1.82, 2.24) is 10.2 Å². The lowest BCUT2D eigenvalue weighted by molar-refractivity contribution is -0.137. The van der Waals surface area contributed by atoms with E-state index < -0.39 is 5.97 Å². The second-order valence-corrected chi connectivity index (χ2v) is 5.20. The summed E-state index contributed by atoms with van der Waals surface area (Å²) in [4.78, 5) is 13.1. The van der Waals surface area contributed by atoms with Crippen molar-refractivity contribution in [3.63, 3.8) is 0 Å². The number of likely N-dealkylation sites (N-methyl/N-ethyl adjacent to an activating group) is 1. The summed E-state index contributed by atoms with van der Waals surface area (Å²) in [5, 5.41) is 12.1. The van der Waals surface area contributed by atoms with Crippen LogP contribution in [0.25, 0.3) is 0 Å². The van der Waals surface area contributed by atoms with E-state index in [0.717, 1.165) is 32.0 Å². The minimum atomic E-state index is -0.662. The topological polar surface area (TPSA) is 52.6 Å². The number of likely N-dealkylation sites (tertiary alicyclic amines) is 1. The Kier molecular flexibility index (Phi) is 3.82. The third-order valence-corrected chi connectivity index (χ3v) is 3.80. The molecule has 2 rings (SSSR count). The first-order chi connectivity index (χ1) is 7.69. The van der Waals surface area contributed by atoms with Gasteiger partial charge >= 0.3 is 5.97 Å². The first-order valence-corrected chi connectivity index (χ1v) is 6.32. The number of nitrogens with zero attached hydrogens (tertiary/aromatic N) is 1. The molecule has 0 spiro atoms. The Morgan fingerprint density at radius 2 is 2.19 bits per heavy atom. The largest absolute Gasteiger partial charge is 0.481 e. The first-order valence-electron chi connectivity index (χ1n) is 6.32. The predicted octanol–water partition coefficient (Wildman–Crippen LogP) is 0.923. The summed E-state index contributed by atoms with van der Waals surface area (Å²) in [7, 11) is 2.01. The van der Waals surface area contributed by atoms with Crippen LogP contribution in [0.15, 0.2) is 0 Å². The lowest BCUT2D eigenvalue weighted by atomic mass is 9.90. The first kappa shape index (κ1) is 11.9. The monoisotopic (exact) mass is 226 g/mol. The van der Waals surface area contributed by atoms with Gasteiger partial charge < -0.3 is 10.4 Å². The van der Waals surface area contributed by atoms with Gasteiger partial charge in [0.05, 0.1) is 0 Å². The zero-order chi connectivity index (χ0) is 11.5. The third-order valence-electron chi connectivity index (χ3n) is 3.80. The number of piperidine rings is 1. The van der Waals surface area contributed by atoms with Crippen LogP contribution in [-0.4, -0.2) is 48.2 Å². The molecule has 0 aromatic carbocycles. The van der Waals surface area contributed by atoms with Crippen molar-refractivity contribution in [2.75, 3.05) is 20.1 Å². The average molecular weight is 226 g/mol. The Bertz CT molecular complexity index is 253. The van der Waals surface area contributed by atoms with E-state index >= 15 is 0 Å². The van der Waals surface area contributed by atoms with Gasteiger partial charge in [-0.3, -0.25) is 9.69 Å². The molecule has 0 radical (unpaired) electrons. The van der Waals surface area contributed by atoms with Gasteiger partial charge in [-0.25, -0.2) is 0 Å². The van der Waals surface area contributed by atoms with Crippen molar-refractivity contribution in [3.05, 3.63) is 0 Å². The maximum Gasteiger partial charge on any atom is 0.303 e. The molecule has 4 nitrogen and oxygen atoms in total. The number of nitrogens with one attached hydrogen (secondary N) is 1. The second kappa shape index (κ2) is 5.15. The van der Waals surface area contributed by atoms with Crippen LogP contribution in [0.4, 0.5) is 0 Å². The Hall–Kier alpha value is -0.610. The highest BCUT2D eigenvalue weighted by Crippen LogP contribution is 2.32. The maximum absolute atomic E-state index is 10.6. The fraction of sp³-hybridized carbons (Fsp3) is 0.917. The molecule has 0 amide bonds. The van der Waals surface area contributed by atoms with Crippen molar-refractivity contribution >= 4 is 5.97 Å². The number of carboxylic acids is 1. The highest BCUT2D eigenvalue weighted by atomic mass is 16.4. The summed E-state index contributed by atoms with van der Waals surface area (Å²) in [5.74, 6) is -0.104. The van der Waals surface area contributed by atoms with E-state index in [1.807, 2.05) is 7.05 Å². The van der Waals surface area contributed by atoms with Gasteiger partial charge in [0.2, 0.25) is 0 Å². The molecule has 0 bridgehead atoms. The van der Waals surface area contributed by atoms with E-state index in [4.69, 9.17) is 5.11 Å². The van der Waals surface area contributed by atoms with Crippen LogP contribution >= 0.6 is 0 Å². The zero-order valence-electron chi connectivity index (χ0n) is 9.98. The van der Waals surface area contributed by atoms with Crippen molar-refractivity contribution in [3.8, 4) is 0 Å². The highest BCUT2D eigenvalue weighted by molar-refractivity contribution is 5.66. The molecule has 1 saturated carbocycles. The standard InChI is InChI=1S/C12H22N2O2/c1-13-10-6-9(2-5-12(15)16)7-14(8-10)11-3-4-11/h9-11,13H,2-8H2,1H3,(H,15,16). The van der Waals surface area contributed by atoms with Crippen molar-refractivity contribution < 1.29 is 9.90 Å². The fourth-order valence-electron chi connectivity index (χ4n) is 2.72. The van der Waals surface area contributed by atoms with Crippen LogP contribution in [0, 0.1) is 5.92 Å². The summed E-state index contributed by atoms with van der Waals surface area (Å²) >= 11 is 0. The molecule has 0 aromatic heterocycles. The minimum absolute atomic E-state index is 0.319. The number of aliphatic carboxylic acids is 1. The van der Waals surface area contributed by atoms with E-state index in [0.29, 0.717) is 18.4 Å². The zero-order valence-corrected chi connectivity index (χ0v) is 9.98. The molecule has 2 atom stereocenters. The summed E-state index contributed by atoms with van der Waals surface area (Å²) < 4.78 is 0. The number of hydrogen-bond donors (Lipinski definition) is 2. The molecule has 1 saturated heterocycles. The predicted molar refractivity (Wildman–Crippen MR) is 62.4 cm³/mol. The molecule has 1 aliphatic carbocycles. The van der Waals surface area contributed by atoms with Gasteiger partial charge in [0.1, 0.15) is 0 Å². The number of rotatable bonds is 5. The van der Waals surface area contributed by atoms with Gasteiger partial charge in [-0.15, -0.1) is 0 Å². The lowest BCUT2D eigenvalue weighted by Gasteiger charge is -2.37. The van der Waals surface area contributed by atoms with Crippen molar-refractivity contribution in [2.24, 2.45) is 5.92 Å². The van der Waals surface area contributed by atoms with Crippen molar-refractivity contribution in [1.29, 1.82) is 0 Å². The van der Waals surface area contributed by atoms with Gasteiger partial charge in [0, 0.05) is 31.6 Å². The Labute approximate surface area is 97.0 Å². The van der Waals surface area contributed by atoms with E-state index in [9.17, 15) is 4.79 Å². The number of carbonyl (C=O) groups is 1. The van der Waals surface area contributed by atoms with Gasteiger partial charge in [0.15, 0.2) is 0 Å². The number of carboxylic acid groups (broad SMARTS) is 1. The lowest BCUT2D eigenvalue weighted by Crippen LogP contribution is -2.49. The van der Waals surface area contributed by atoms with E-state index in [-0.39, 0.29) is 0 Å². The Morgan fingerprint density at radius 1 is 1.44 bits per heavy atom. The summed E-state index contributed by atoms with van der Waals surface area (Å²) in [6, 6.07) is 1.34. The van der Waals surface area contributed by atoms with Crippen LogP contribution in [0.1, 0.15) is 32.1 Å². The molecular formula is C12H22N2O2. The summed E-state index contributed by atoms with van der Waals surface area (Å²) in [6.07, 6.45) is 4.95. The smallest absolute Gasteiger partial charge is 0.303 e. The fourth-order valence-corrected chi connectivity index (χ4v) is 2.72. The van der Waals surface area contributed by atoms with Crippen LogP contribution in [0.2, 0.25) is 0 Å². The molecule has 2 N–H and O–H groups in total. The Balaban J connectivity index is 1.83. The molecule has 92 valence electrons. The molecule has 0 aromatic rings. The molecule has 16 heavy (non-hydrogen) atoms. The highest BCUT2D eigenvalue weighted by Gasteiger charge is 2.35. The summed E-state index contributed by atoms with van der Waals surface area (Å²) in [6.45, 7) is 2.25. The van der Waals surface area contributed by atoms with E-state index in [1.54, 1.807) is 0 Å². The third kappa shape index (κ3) is 3.19. The van der Waals surface area contributed by atoms with E-state index in [2.05, 4.69) is 10.2 Å². The minimum Gasteiger partial charge on any atom is -0.481 e. The Morgan fingerprint density at radius 3 is 2.75 bits per heavy atom. The second-order valence-electron chi connectivity index (χ2n) is 5.20. The van der Waals surface area contributed by atoms with Gasteiger partial charge in [-0.1, -0.05) is 0 Å². The van der Waals surface area contributed by atoms with Gasteiger partial charge in [0.25, 0.3) is 0 Å². The van der Waals surface area contributed by atoms with E-state index in [1.165, 1.54) is 12.8 Å². The van der Waals surface area contributed by atoms with Gasteiger partial charge in [-0.05, 0) is 38.6 Å². The van der Waals surface area contributed by atoms with Crippen LogP contribution in [0.5, 0.6) is 0 Å². The quantitative estimate of drug-likeness (QED) is 0.732. The molecule has 2 aliphatic rings. The molecular weight excluding hydrogens is 204 g/mol. The van der Waals surface area contributed by atoms with Crippen molar-refractivity contribution in [2.45, 2.75) is 44.2 Å². The SMILES string of the molecule is CNC1CC(CCC(=O)O)CN(C2CC2)C1. The molecule has 4 heteroatoms. The van der Waals surface area contributed by atoms with Gasteiger partial charge in [-0.2, -0.15) is 0 Å². The molecule has 2 fully saturated rings. The summed E-state index contributed by atoms with van der Waals surface area (Å²) in [5.41, 5.74) is 0. The molecule has 1 heterocycles. The van der Waals surface area contributed by atoms with Crippen LogP contribution in [0.3, 0.4) is 0 Å². The van der Waals surface area contributed by atoms with Crippen LogP contribution in [-0.2, 0) is 4.79 Å². The average Bonchev–Trinajstić information content (AvgIpc) is 3.09. The normalized spacial score (nSPS) is 31.6.